The zero-order chi connectivity index (χ0) is 22.4. The first kappa shape index (κ1) is 24.4. The molecular formula is C19H22Cl2N4O4S2. The number of thioether (sulfide) groups is 1. The Labute approximate surface area is 198 Å². The third-order valence-corrected chi connectivity index (χ3v) is 7.04. The van der Waals surface area contributed by atoms with E-state index in [4.69, 9.17) is 32.7 Å². The number of hydrogen-bond donors (Lipinski definition) is 2. The zero-order valence-corrected chi connectivity index (χ0v) is 19.9. The van der Waals surface area contributed by atoms with Crippen molar-refractivity contribution >= 4 is 46.3 Å². The van der Waals surface area contributed by atoms with Gasteiger partial charge in [-0.25, -0.2) is 9.67 Å². The number of nitrogens with zero attached hydrogens (tertiary/aromatic N) is 4. The molecule has 8 nitrogen and oxygen atoms in total. The molecule has 0 amide bonds. The van der Waals surface area contributed by atoms with Crippen LogP contribution in [0.5, 0.6) is 0 Å². The van der Waals surface area contributed by atoms with E-state index in [0.717, 1.165) is 5.01 Å². The molecular weight excluding hydrogens is 483 g/mol. The highest BCUT2D eigenvalue weighted by Crippen LogP contribution is 2.36. The third-order valence-electron chi connectivity index (χ3n) is 4.33. The van der Waals surface area contributed by atoms with Gasteiger partial charge in [0, 0.05) is 28.6 Å². The van der Waals surface area contributed by atoms with E-state index in [1.54, 1.807) is 49.3 Å². The number of rotatable bonds is 11. The highest BCUT2D eigenvalue weighted by atomic mass is 35.5. The number of aliphatic hydroxyl groups excluding tert-OH is 2. The van der Waals surface area contributed by atoms with Gasteiger partial charge in [0.05, 0.1) is 30.5 Å². The van der Waals surface area contributed by atoms with Gasteiger partial charge in [-0.1, -0.05) is 40.2 Å². The molecule has 0 saturated heterocycles. The van der Waals surface area contributed by atoms with Gasteiger partial charge in [0.1, 0.15) is 28.3 Å². The number of benzene rings is 1. The second-order valence-corrected chi connectivity index (χ2v) is 9.47. The minimum atomic E-state index is -0.886. The summed E-state index contributed by atoms with van der Waals surface area (Å²) in [6.45, 7) is 1.50. The van der Waals surface area contributed by atoms with Crippen LogP contribution in [0.2, 0.25) is 10.0 Å². The molecule has 0 spiro atoms. The van der Waals surface area contributed by atoms with Crippen LogP contribution in [-0.4, -0.2) is 67.7 Å². The van der Waals surface area contributed by atoms with E-state index in [9.17, 15) is 10.2 Å². The summed E-state index contributed by atoms with van der Waals surface area (Å²) in [5, 5.41) is 31.6. The molecule has 4 atom stereocenters. The molecule has 0 radical (unpaired) electrons. The predicted molar refractivity (Wildman–Crippen MR) is 122 cm³/mol. The van der Waals surface area contributed by atoms with Gasteiger partial charge in [-0.15, -0.1) is 16.4 Å². The van der Waals surface area contributed by atoms with Crippen LogP contribution in [0, 0.1) is 0 Å². The molecule has 12 heteroatoms. The predicted octanol–water partition coefficient (Wildman–Crippen LogP) is 3.60. The SMILES string of the molecule is CO[C@@H](Cn1cc(-c2nccs2)nn1)C(OC(CO)[C@@H](C)O)Sc1cc(Cl)ccc1Cl. The lowest BCUT2D eigenvalue weighted by molar-refractivity contribution is -0.105. The average molecular weight is 505 g/mol. The molecule has 1 aromatic carbocycles. The van der Waals surface area contributed by atoms with Crippen LogP contribution in [0.1, 0.15) is 6.92 Å². The van der Waals surface area contributed by atoms with Crippen LogP contribution in [-0.2, 0) is 16.0 Å². The Morgan fingerprint density at radius 2 is 2.10 bits per heavy atom. The van der Waals surface area contributed by atoms with Crippen molar-refractivity contribution in [1.82, 2.24) is 20.0 Å². The first-order chi connectivity index (χ1) is 14.9. The second-order valence-electron chi connectivity index (χ2n) is 6.60. The fraction of sp³-hybridized carbons (Fsp3) is 0.421. The number of aromatic nitrogens is 4. The third kappa shape index (κ3) is 6.62. The first-order valence-corrected chi connectivity index (χ1v) is 11.8. The van der Waals surface area contributed by atoms with Crippen LogP contribution in [0.4, 0.5) is 0 Å². The normalized spacial score (nSPS) is 15.5. The van der Waals surface area contributed by atoms with Gasteiger partial charge in [0.15, 0.2) is 0 Å². The molecule has 2 N–H and O–H groups in total. The molecule has 0 saturated carbocycles. The summed E-state index contributed by atoms with van der Waals surface area (Å²) in [7, 11) is 1.55. The quantitative estimate of drug-likeness (QED) is 0.301. The minimum absolute atomic E-state index is 0.308. The second kappa shape index (κ2) is 11.6. The lowest BCUT2D eigenvalue weighted by atomic mass is 10.2. The Balaban J connectivity index is 1.83. The summed E-state index contributed by atoms with van der Waals surface area (Å²) >= 11 is 15.2. The van der Waals surface area contributed by atoms with Crippen LogP contribution >= 0.6 is 46.3 Å². The smallest absolute Gasteiger partial charge is 0.145 e. The molecule has 31 heavy (non-hydrogen) atoms. The van der Waals surface area contributed by atoms with Crippen molar-refractivity contribution in [3.8, 4) is 10.7 Å². The number of aliphatic hydroxyl groups is 2. The largest absolute Gasteiger partial charge is 0.394 e. The molecule has 3 aromatic rings. The van der Waals surface area contributed by atoms with Crippen molar-refractivity contribution in [2.24, 2.45) is 0 Å². The average Bonchev–Trinajstić information content (AvgIpc) is 3.43. The molecule has 2 aromatic heterocycles. The first-order valence-electron chi connectivity index (χ1n) is 9.30. The van der Waals surface area contributed by atoms with E-state index in [1.165, 1.54) is 23.1 Å². The molecule has 3 rings (SSSR count). The molecule has 0 aliphatic rings. The van der Waals surface area contributed by atoms with Crippen molar-refractivity contribution in [2.45, 2.75) is 42.1 Å². The van der Waals surface area contributed by atoms with Gasteiger partial charge in [-0.2, -0.15) is 0 Å². The van der Waals surface area contributed by atoms with Gasteiger partial charge >= 0.3 is 0 Å². The topological polar surface area (TPSA) is 103 Å². The Morgan fingerprint density at radius 1 is 1.29 bits per heavy atom. The number of hydrogen-bond acceptors (Lipinski definition) is 9. The summed E-state index contributed by atoms with van der Waals surface area (Å²) in [6.07, 6.45) is 1.27. The highest BCUT2D eigenvalue weighted by Gasteiger charge is 2.30. The summed E-state index contributed by atoms with van der Waals surface area (Å²) < 4.78 is 13.4. The van der Waals surface area contributed by atoms with Crippen molar-refractivity contribution in [1.29, 1.82) is 0 Å². The monoisotopic (exact) mass is 504 g/mol. The number of halogens is 2. The van der Waals surface area contributed by atoms with Gasteiger partial charge in [-0.3, -0.25) is 0 Å². The van der Waals surface area contributed by atoms with Gasteiger partial charge in [0.25, 0.3) is 0 Å². The molecule has 0 aliphatic carbocycles. The Morgan fingerprint density at radius 3 is 2.74 bits per heavy atom. The van der Waals surface area contributed by atoms with E-state index < -0.39 is 23.7 Å². The number of thiazole rings is 1. The fourth-order valence-corrected chi connectivity index (χ4v) is 4.90. The van der Waals surface area contributed by atoms with Crippen molar-refractivity contribution in [3.63, 3.8) is 0 Å². The maximum atomic E-state index is 9.96. The zero-order valence-electron chi connectivity index (χ0n) is 16.8. The van der Waals surface area contributed by atoms with Gasteiger partial charge < -0.3 is 19.7 Å². The minimum Gasteiger partial charge on any atom is -0.394 e. The van der Waals surface area contributed by atoms with Crippen molar-refractivity contribution < 1.29 is 19.7 Å². The molecule has 0 aliphatic heterocycles. The highest BCUT2D eigenvalue weighted by molar-refractivity contribution is 8.00. The maximum Gasteiger partial charge on any atom is 0.145 e. The van der Waals surface area contributed by atoms with Crippen molar-refractivity contribution in [2.75, 3.05) is 13.7 Å². The Hall–Kier alpha value is -1.24. The van der Waals surface area contributed by atoms with E-state index in [2.05, 4.69) is 15.3 Å². The summed E-state index contributed by atoms with van der Waals surface area (Å²) in [5.74, 6) is 0. The van der Waals surface area contributed by atoms with Crippen LogP contribution in [0.15, 0.2) is 40.9 Å². The summed E-state index contributed by atoms with van der Waals surface area (Å²) in [5.41, 5.74) is 0.0188. The lowest BCUT2D eigenvalue weighted by Gasteiger charge is -2.30. The van der Waals surface area contributed by atoms with E-state index >= 15 is 0 Å². The molecule has 2 heterocycles. The molecule has 168 valence electrons. The van der Waals surface area contributed by atoms with Crippen LogP contribution in [0.25, 0.3) is 10.7 Å². The maximum absolute atomic E-state index is 9.96. The Bertz CT molecular complexity index is 958. The number of methoxy groups -OCH3 is 1. The Kier molecular flexibility index (Phi) is 9.11. The lowest BCUT2D eigenvalue weighted by Crippen LogP contribution is -2.40. The summed E-state index contributed by atoms with van der Waals surface area (Å²) in [4.78, 5) is 4.92. The van der Waals surface area contributed by atoms with Crippen LogP contribution in [0.3, 0.4) is 0 Å². The van der Waals surface area contributed by atoms with E-state index in [1.807, 2.05) is 5.38 Å². The number of ether oxygens (including phenoxy) is 2. The van der Waals surface area contributed by atoms with Gasteiger partial charge in [0.2, 0.25) is 0 Å². The summed E-state index contributed by atoms with van der Waals surface area (Å²) in [6, 6.07) is 5.12. The van der Waals surface area contributed by atoms with Crippen molar-refractivity contribution in [3.05, 3.63) is 46.0 Å². The molecule has 0 bridgehead atoms. The van der Waals surface area contributed by atoms with Gasteiger partial charge in [-0.05, 0) is 25.1 Å². The molecule has 0 fully saturated rings. The van der Waals surface area contributed by atoms with E-state index in [0.29, 0.717) is 27.2 Å². The van der Waals surface area contributed by atoms with Crippen LogP contribution < -0.4 is 0 Å². The fourth-order valence-electron chi connectivity index (χ4n) is 2.66. The van der Waals surface area contributed by atoms with E-state index in [-0.39, 0.29) is 6.61 Å². The standard InChI is InChI=1S/C19H22Cl2N4O4S2/c1-11(27)16(10-26)29-19(31-17-7-12(20)3-4-13(17)21)15(28-2)9-25-8-14(23-24-25)18-22-5-6-30-18/h3-8,11,15-16,19,26-27H,9-10H2,1-2H3/t11-,15+,16?,19?/m1/s1. The molecule has 2 unspecified atom stereocenters.